The second-order valence-electron chi connectivity index (χ2n) is 4.33. The van der Waals surface area contributed by atoms with Crippen molar-refractivity contribution in [3.8, 4) is 0 Å². The number of rotatable bonds is 5. The summed E-state index contributed by atoms with van der Waals surface area (Å²) in [4.78, 5) is 11.3. The van der Waals surface area contributed by atoms with Crippen molar-refractivity contribution < 1.29 is 18.8 Å². The van der Waals surface area contributed by atoms with Gasteiger partial charge in [0.25, 0.3) is 0 Å². The Kier molecular flexibility index (Phi) is 4.49. The van der Waals surface area contributed by atoms with Gasteiger partial charge in [-0.2, -0.15) is 0 Å². The fraction of sp³-hybridized carbons (Fsp3) is 0.462. The SMILES string of the molecule is O=C(O)C(Cc1ccccc1)S(=O)C1CCOC1. The van der Waals surface area contributed by atoms with Crippen molar-refractivity contribution in [3.63, 3.8) is 0 Å². The maximum atomic E-state index is 12.2. The molecule has 0 aliphatic carbocycles. The maximum absolute atomic E-state index is 12.2. The summed E-state index contributed by atoms with van der Waals surface area (Å²) >= 11 is 0. The van der Waals surface area contributed by atoms with Crippen molar-refractivity contribution in [2.45, 2.75) is 23.3 Å². The van der Waals surface area contributed by atoms with Crippen LogP contribution in [0.2, 0.25) is 0 Å². The second kappa shape index (κ2) is 6.11. The summed E-state index contributed by atoms with van der Waals surface area (Å²) in [5, 5.41) is 8.24. The zero-order valence-corrected chi connectivity index (χ0v) is 10.8. The number of carbonyl (C=O) groups is 1. The first kappa shape index (κ1) is 13.2. The number of hydrogen-bond acceptors (Lipinski definition) is 3. The summed E-state index contributed by atoms with van der Waals surface area (Å²) < 4.78 is 17.4. The van der Waals surface area contributed by atoms with E-state index in [9.17, 15) is 14.1 Å². The van der Waals surface area contributed by atoms with Crippen molar-refractivity contribution in [3.05, 3.63) is 35.9 Å². The topological polar surface area (TPSA) is 63.6 Å². The van der Waals surface area contributed by atoms with Crippen LogP contribution in [0.3, 0.4) is 0 Å². The van der Waals surface area contributed by atoms with Gasteiger partial charge in [0.1, 0.15) is 5.25 Å². The van der Waals surface area contributed by atoms with Gasteiger partial charge in [-0.1, -0.05) is 30.3 Å². The highest BCUT2D eigenvalue weighted by Crippen LogP contribution is 2.18. The average molecular weight is 268 g/mol. The molecule has 0 amide bonds. The lowest BCUT2D eigenvalue weighted by Gasteiger charge is -2.16. The van der Waals surface area contributed by atoms with E-state index < -0.39 is 22.0 Å². The number of ether oxygens (including phenoxy) is 1. The van der Waals surface area contributed by atoms with Gasteiger partial charge in [-0.05, 0) is 18.4 Å². The first-order valence-electron chi connectivity index (χ1n) is 5.92. The smallest absolute Gasteiger partial charge is 0.319 e. The fourth-order valence-electron chi connectivity index (χ4n) is 2.03. The quantitative estimate of drug-likeness (QED) is 0.872. The molecule has 4 nitrogen and oxygen atoms in total. The van der Waals surface area contributed by atoms with Crippen LogP contribution in [0.25, 0.3) is 0 Å². The molecule has 1 aliphatic rings. The van der Waals surface area contributed by atoms with E-state index in [4.69, 9.17) is 4.74 Å². The summed E-state index contributed by atoms with van der Waals surface area (Å²) in [5.41, 5.74) is 0.900. The largest absolute Gasteiger partial charge is 0.480 e. The van der Waals surface area contributed by atoms with Crippen LogP contribution in [0, 0.1) is 0 Å². The molecule has 0 radical (unpaired) electrons. The highest BCUT2D eigenvalue weighted by atomic mass is 32.2. The van der Waals surface area contributed by atoms with Crippen LogP contribution in [0.15, 0.2) is 30.3 Å². The molecular weight excluding hydrogens is 252 g/mol. The Hall–Kier alpha value is -1.20. The van der Waals surface area contributed by atoms with E-state index in [2.05, 4.69) is 0 Å². The van der Waals surface area contributed by atoms with Gasteiger partial charge in [0, 0.05) is 17.4 Å². The fourth-order valence-corrected chi connectivity index (χ4v) is 3.60. The van der Waals surface area contributed by atoms with Gasteiger partial charge in [-0.15, -0.1) is 0 Å². The molecule has 98 valence electrons. The number of carboxylic acids is 1. The van der Waals surface area contributed by atoms with Crippen molar-refractivity contribution in [2.24, 2.45) is 0 Å². The van der Waals surface area contributed by atoms with Crippen LogP contribution in [0.4, 0.5) is 0 Å². The molecule has 0 aromatic heterocycles. The first-order chi connectivity index (χ1) is 8.68. The molecule has 0 bridgehead atoms. The molecule has 18 heavy (non-hydrogen) atoms. The van der Waals surface area contributed by atoms with Crippen LogP contribution in [0.5, 0.6) is 0 Å². The average Bonchev–Trinajstić information content (AvgIpc) is 2.90. The molecule has 0 saturated carbocycles. The van der Waals surface area contributed by atoms with Crippen LogP contribution in [-0.2, 0) is 26.8 Å². The molecule has 3 atom stereocenters. The Morgan fingerprint density at radius 1 is 1.44 bits per heavy atom. The van der Waals surface area contributed by atoms with Gasteiger partial charge < -0.3 is 9.84 Å². The van der Waals surface area contributed by atoms with E-state index in [1.165, 1.54) is 0 Å². The second-order valence-corrected chi connectivity index (χ2v) is 6.22. The van der Waals surface area contributed by atoms with Crippen LogP contribution in [0.1, 0.15) is 12.0 Å². The highest BCUT2D eigenvalue weighted by molar-refractivity contribution is 7.87. The highest BCUT2D eigenvalue weighted by Gasteiger charge is 2.33. The molecule has 1 saturated heterocycles. The van der Waals surface area contributed by atoms with E-state index >= 15 is 0 Å². The Labute approximate surface area is 108 Å². The molecule has 1 aromatic rings. The van der Waals surface area contributed by atoms with Gasteiger partial charge in [0.2, 0.25) is 0 Å². The summed E-state index contributed by atoms with van der Waals surface area (Å²) in [7, 11) is -1.39. The summed E-state index contributed by atoms with van der Waals surface area (Å²) in [6, 6.07) is 9.31. The lowest BCUT2D eigenvalue weighted by Crippen LogP contribution is -2.34. The molecule has 1 heterocycles. The third kappa shape index (κ3) is 3.17. The molecule has 0 spiro atoms. The van der Waals surface area contributed by atoms with E-state index in [1.54, 1.807) is 0 Å². The zero-order chi connectivity index (χ0) is 13.0. The number of hydrogen-bond donors (Lipinski definition) is 1. The lowest BCUT2D eigenvalue weighted by atomic mass is 10.1. The minimum absolute atomic E-state index is 0.144. The van der Waals surface area contributed by atoms with Crippen molar-refractivity contribution >= 4 is 16.8 Å². The Morgan fingerprint density at radius 3 is 2.72 bits per heavy atom. The van der Waals surface area contributed by atoms with Gasteiger partial charge in [0.05, 0.1) is 11.9 Å². The van der Waals surface area contributed by atoms with E-state index in [0.717, 1.165) is 5.56 Å². The summed E-state index contributed by atoms with van der Waals surface area (Å²) in [6.07, 6.45) is 0.991. The Morgan fingerprint density at radius 2 is 2.17 bits per heavy atom. The molecule has 5 heteroatoms. The zero-order valence-electron chi connectivity index (χ0n) is 9.95. The number of aliphatic carboxylic acids is 1. The monoisotopic (exact) mass is 268 g/mol. The van der Waals surface area contributed by atoms with E-state index in [-0.39, 0.29) is 5.25 Å². The third-order valence-corrected chi connectivity index (χ3v) is 4.99. The van der Waals surface area contributed by atoms with Crippen molar-refractivity contribution in [1.82, 2.24) is 0 Å². The van der Waals surface area contributed by atoms with Gasteiger partial charge in [-0.3, -0.25) is 9.00 Å². The summed E-state index contributed by atoms with van der Waals surface area (Å²) in [6.45, 7) is 0.985. The number of carboxylic acid groups (broad SMARTS) is 1. The maximum Gasteiger partial charge on any atom is 0.319 e. The standard InChI is InChI=1S/C13H16O4S/c14-13(15)12(8-10-4-2-1-3-5-10)18(16)11-6-7-17-9-11/h1-5,11-12H,6-9H2,(H,14,15). The Bertz CT molecular complexity index is 426. The minimum Gasteiger partial charge on any atom is -0.480 e. The molecule has 3 unspecified atom stereocenters. The van der Waals surface area contributed by atoms with E-state index in [1.807, 2.05) is 30.3 Å². The molecule has 1 N–H and O–H groups in total. The minimum atomic E-state index is -1.39. The van der Waals surface area contributed by atoms with E-state index in [0.29, 0.717) is 26.1 Å². The van der Waals surface area contributed by atoms with Crippen molar-refractivity contribution in [2.75, 3.05) is 13.2 Å². The summed E-state index contributed by atoms with van der Waals surface area (Å²) in [5.74, 6) is -0.996. The number of benzene rings is 1. The predicted octanol–water partition coefficient (Wildman–Crippen LogP) is 1.22. The lowest BCUT2D eigenvalue weighted by molar-refractivity contribution is -0.136. The molecular formula is C13H16O4S. The van der Waals surface area contributed by atoms with Gasteiger partial charge in [-0.25, -0.2) is 0 Å². The molecule has 1 aromatic carbocycles. The Balaban J connectivity index is 2.08. The molecule has 1 aliphatic heterocycles. The van der Waals surface area contributed by atoms with Gasteiger partial charge in [0.15, 0.2) is 0 Å². The first-order valence-corrected chi connectivity index (χ1v) is 7.20. The normalized spacial score (nSPS) is 22.6. The predicted molar refractivity (Wildman–Crippen MR) is 68.9 cm³/mol. The van der Waals surface area contributed by atoms with Crippen molar-refractivity contribution in [1.29, 1.82) is 0 Å². The third-order valence-electron chi connectivity index (χ3n) is 3.04. The van der Waals surface area contributed by atoms with Crippen LogP contribution in [-0.4, -0.2) is 39.0 Å². The molecule has 2 rings (SSSR count). The molecule has 1 fully saturated rings. The van der Waals surface area contributed by atoms with Gasteiger partial charge >= 0.3 is 5.97 Å². The van der Waals surface area contributed by atoms with Crippen LogP contribution < -0.4 is 0 Å². The van der Waals surface area contributed by atoms with Crippen LogP contribution >= 0.6 is 0 Å².